The van der Waals surface area contributed by atoms with Gasteiger partial charge in [-0.15, -0.1) is 0 Å². The van der Waals surface area contributed by atoms with Gasteiger partial charge in [-0.05, 0) is 30.3 Å². The van der Waals surface area contributed by atoms with E-state index < -0.39 is 10.8 Å². The Morgan fingerprint density at radius 2 is 2.03 bits per heavy atom. The number of hydrogen-bond acceptors (Lipinski definition) is 7. The van der Waals surface area contributed by atoms with Crippen molar-refractivity contribution in [2.45, 2.75) is 0 Å². The topological polar surface area (TPSA) is 108 Å². The number of furan rings is 1. The second-order valence-electron chi connectivity index (χ2n) is 6.01. The third kappa shape index (κ3) is 3.82. The zero-order valence-electron chi connectivity index (χ0n) is 15.1. The summed E-state index contributed by atoms with van der Waals surface area (Å²) in [5, 5.41) is 14.9. The number of halogens is 2. The fourth-order valence-corrected chi connectivity index (χ4v) is 4.04. The summed E-state index contributed by atoms with van der Waals surface area (Å²) in [7, 11) is 1.39. The third-order valence-corrected chi connectivity index (χ3v) is 5.60. The van der Waals surface area contributed by atoms with E-state index in [1.54, 1.807) is 24.3 Å². The molecule has 11 heteroatoms. The molecular formula is C19H11Cl2N3O5S. The first kappa shape index (κ1) is 20.1. The zero-order chi connectivity index (χ0) is 21.4. The van der Waals surface area contributed by atoms with E-state index in [-0.39, 0.29) is 22.3 Å². The average Bonchev–Trinajstić information content (AvgIpc) is 3.35. The van der Waals surface area contributed by atoms with Crippen LogP contribution in [0.15, 0.2) is 46.9 Å². The first-order chi connectivity index (χ1) is 14.4. The highest BCUT2D eigenvalue weighted by Gasteiger charge is 2.19. The van der Waals surface area contributed by atoms with Crippen LogP contribution in [0.1, 0.15) is 10.6 Å². The lowest BCUT2D eigenvalue weighted by atomic mass is 10.2. The van der Waals surface area contributed by atoms with Crippen LogP contribution in [0, 0.1) is 10.1 Å². The summed E-state index contributed by atoms with van der Waals surface area (Å²) < 4.78 is 11.3. The summed E-state index contributed by atoms with van der Waals surface area (Å²) in [6.45, 7) is 0. The summed E-state index contributed by atoms with van der Waals surface area (Å²) in [4.78, 5) is 27.4. The normalized spacial score (nSPS) is 10.9. The van der Waals surface area contributed by atoms with Crippen molar-refractivity contribution in [2.24, 2.45) is 0 Å². The number of nitrogens with one attached hydrogen (secondary N) is 1. The summed E-state index contributed by atoms with van der Waals surface area (Å²) in [6, 6.07) is 10.7. The van der Waals surface area contributed by atoms with Crippen LogP contribution < -0.4 is 10.1 Å². The number of nitrogens with zero attached hydrogens (tertiary/aromatic N) is 2. The molecule has 4 rings (SSSR count). The second kappa shape index (κ2) is 7.94. The lowest BCUT2D eigenvalue weighted by Crippen LogP contribution is -2.10. The molecule has 152 valence electrons. The minimum absolute atomic E-state index is 0.0400. The number of amides is 1. The lowest BCUT2D eigenvalue weighted by Gasteiger charge is -2.02. The summed E-state index contributed by atoms with van der Waals surface area (Å²) in [5.74, 6) is 0.131. The summed E-state index contributed by atoms with van der Waals surface area (Å²) in [6.07, 6.45) is 0. The Bertz CT molecular complexity index is 1300. The molecule has 0 unspecified atom stereocenters. The second-order valence-corrected chi connectivity index (χ2v) is 7.89. The number of anilines is 1. The van der Waals surface area contributed by atoms with E-state index in [0.717, 1.165) is 11.3 Å². The number of hydrogen-bond donors (Lipinski definition) is 1. The molecule has 0 radical (unpaired) electrons. The fourth-order valence-electron chi connectivity index (χ4n) is 2.75. The van der Waals surface area contributed by atoms with Crippen LogP contribution in [0.4, 0.5) is 10.8 Å². The van der Waals surface area contributed by atoms with Crippen LogP contribution in [0.25, 0.3) is 21.5 Å². The molecule has 30 heavy (non-hydrogen) atoms. The number of carbonyl (C=O) groups excluding carboxylic acids is 1. The maximum absolute atomic E-state index is 12.6. The number of benzene rings is 2. The lowest BCUT2D eigenvalue weighted by molar-refractivity contribution is -0.384. The van der Waals surface area contributed by atoms with E-state index in [2.05, 4.69) is 10.3 Å². The molecular weight excluding hydrogens is 453 g/mol. The Labute approximate surface area is 183 Å². The van der Waals surface area contributed by atoms with E-state index in [1.807, 2.05) is 0 Å². The predicted octanol–water partition coefficient (Wildman–Crippen LogP) is 6.03. The van der Waals surface area contributed by atoms with Crippen LogP contribution in [0.2, 0.25) is 10.0 Å². The Kier molecular flexibility index (Phi) is 5.33. The van der Waals surface area contributed by atoms with Gasteiger partial charge in [0.15, 0.2) is 16.6 Å². The molecule has 4 aromatic rings. The molecule has 2 heterocycles. The van der Waals surface area contributed by atoms with Gasteiger partial charge in [-0.2, -0.15) is 0 Å². The Hall–Kier alpha value is -3.14. The van der Waals surface area contributed by atoms with Gasteiger partial charge in [0.05, 0.1) is 27.8 Å². The number of ether oxygens (including phenoxy) is 1. The molecule has 0 saturated heterocycles. The Balaban J connectivity index is 1.61. The van der Waals surface area contributed by atoms with E-state index in [9.17, 15) is 14.9 Å². The maximum Gasteiger partial charge on any atom is 0.293 e. The number of carbonyl (C=O) groups is 1. The molecule has 1 N–H and O–H groups in total. The number of non-ortho nitro benzene ring substituents is 1. The molecule has 0 atom stereocenters. The molecule has 0 saturated carbocycles. The van der Waals surface area contributed by atoms with Crippen molar-refractivity contribution in [1.29, 1.82) is 0 Å². The SMILES string of the molecule is COc1cc([N+](=O)[O-])cc2sc(NC(=O)c3ccc(-c4cc(Cl)ccc4Cl)o3)nc12. The molecule has 0 spiro atoms. The number of fused-ring (bicyclic) bond motifs is 1. The third-order valence-electron chi connectivity index (χ3n) is 4.12. The largest absolute Gasteiger partial charge is 0.494 e. The number of rotatable bonds is 5. The quantitative estimate of drug-likeness (QED) is 0.285. The predicted molar refractivity (Wildman–Crippen MR) is 115 cm³/mol. The van der Waals surface area contributed by atoms with Crippen molar-refractivity contribution in [3.63, 3.8) is 0 Å². The smallest absolute Gasteiger partial charge is 0.293 e. The zero-order valence-corrected chi connectivity index (χ0v) is 17.5. The average molecular weight is 464 g/mol. The Morgan fingerprint density at radius 3 is 2.77 bits per heavy atom. The van der Waals surface area contributed by atoms with Gasteiger partial charge in [0.1, 0.15) is 11.3 Å². The molecule has 2 aromatic heterocycles. The van der Waals surface area contributed by atoms with Crippen molar-refractivity contribution < 1.29 is 18.9 Å². The van der Waals surface area contributed by atoms with Crippen molar-refractivity contribution in [2.75, 3.05) is 12.4 Å². The summed E-state index contributed by atoms with van der Waals surface area (Å²) in [5.41, 5.74) is 0.837. The van der Waals surface area contributed by atoms with E-state index in [0.29, 0.717) is 31.6 Å². The number of aromatic nitrogens is 1. The molecule has 0 aliphatic heterocycles. The number of nitro benzene ring substituents is 1. The minimum atomic E-state index is -0.535. The highest BCUT2D eigenvalue weighted by atomic mass is 35.5. The summed E-state index contributed by atoms with van der Waals surface area (Å²) >= 11 is 13.3. The number of methoxy groups -OCH3 is 1. The maximum atomic E-state index is 12.6. The highest BCUT2D eigenvalue weighted by Crippen LogP contribution is 2.36. The monoisotopic (exact) mass is 463 g/mol. The van der Waals surface area contributed by atoms with Crippen molar-refractivity contribution in [3.05, 3.63) is 68.4 Å². The molecule has 8 nitrogen and oxygen atoms in total. The molecule has 0 aliphatic carbocycles. The molecule has 1 amide bonds. The van der Waals surface area contributed by atoms with Crippen LogP contribution in [-0.4, -0.2) is 22.9 Å². The molecule has 0 aliphatic rings. The van der Waals surface area contributed by atoms with E-state index in [4.69, 9.17) is 32.4 Å². The number of thiazole rings is 1. The molecule has 0 fully saturated rings. The van der Waals surface area contributed by atoms with Crippen molar-refractivity contribution >= 4 is 61.5 Å². The van der Waals surface area contributed by atoms with Crippen LogP contribution in [0.5, 0.6) is 5.75 Å². The molecule has 0 bridgehead atoms. The first-order valence-electron chi connectivity index (χ1n) is 8.35. The highest BCUT2D eigenvalue weighted by molar-refractivity contribution is 7.22. The van der Waals surface area contributed by atoms with Crippen LogP contribution >= 0.6 is 34.5 Å². The van der Waals surface area contributed by atoms with E-state index >= 15 is 0 Å². The van der Waals surface area contributed by atoms with Gasteiger partial charge >= 0.3 is 0 Å². The fraction of sp³-hybridized carbons (Fsp3) is 0.0526. The van der Waals surface area contributed by atoms with E-state index in [1.165, 1.54) is 25.3 Å². The van der Waals surface area contributed by atoms with Gasteiger partial charge in [0.25, 0.3) is 11.6 Å². The number of nitro groups is 1. The van der Waals surface area contributed by atoms with Crippen LogP contribution in [-0.2, 0) is 0 Å². The van der Waals surface area contributed by atoms with Crippen molar-refractivity contribution in [1.82, 2.24) is 4.98 Å². The van der Waals surface area contributed by atoms with Gasteiger partial charge in [-0.25, -0.2) is 4.98 Å². The van der Waals surface area contributed by atoms with Crippen molar-refractivity contribution in [3.8, 4) is 17.1 Å². The van der Waals surface area contributed by atoms with Crippen LogP contribution in [0.3, 0.4) is 0 Å². The van der Waals surface area contributed by atoms with Gasteiger partial charge in [0, 0.05) is 16.7 Å². The molecule has 2 aromatic carbocycles. The van der Waals surface area contributed by atoms with Gasteiger partial charge in [0.2, 0.25) is 0 Å². The minimum Gasteiger partial charge on any atom is -0.494 e. The first-order valence-corrected chi connectivity index (χ1v) is 9.92. The Morgan fingerprint density at radius 1 is 1.23 bits per heavy atom. The van der Waals surface area contributed by atoms with Gasteiger partial charge in [-0.1, -0.05) is 34.5 Å². The van der Waals surface area contributed by atoms with Gasteiger partial charge in [-0.3, -0.25) is 20.2 Å². The standard InChI is InChI=1S/C19H11Cl2N3O5S/c1-28-15-7-10(24(26)27)8-16-17(15)22-19(30-16)23-18(25)14-5-4-13(29-14)11-6-9(20)2-3-12(11)21/h2-8H,1H3,(H,22,23,25). The van der Waals surface area contributed by atoms with Gasteiger partial charge < -0.3 is 9.15 Å².